The normalized spacial score (nSPS) is 15.2. The van der Waals surface area contributed by atoms with Crippen molar-refractivity contribution in [3.8, 4) is 0 Å². The summed E-state index contributed by atoms with van der Waals surface area (Å²) < 4.78 is 5.31. The predicted molar refractivity (Wildman–Crippen MR) is 57.0 cm³/mol. The van der Waals surface area contributed by atoms with Crippen LogP contribution in [0.2, 0.25) is 0 Å². The van der Waals surface area contributed by atoms with E-state index in [0.29, 0.717) is 12.4 Å². The lowest BCUT2D eigenvalue weighted by molar-refractivity contribution is 0.109. The van der Waals surface area contributed by atoms with Crippen LogP contribution in [0.5, 0.6) is 0 Å². The molecule has 1 aliphatic heterocycles. The van der Waals surface area contributed by atoms with Gasteiger partial charge in [-0.3, -0.25) is 0 Å². The molecule has 0 saturated carbocycles. The summed E-state index contributed by atoms with van der Waals surface area (Å²) in [6, 6.07) is 0. The number of hydrogen-bond donors (Lipinski definition) is 1. The van der Waals surface area contributed by atoms with Gasteiger partial charge in [0.2, 0.25) is 0 Å². The first-order chi connectivity index (χ1) is 6.81. The zero-order valence-corrected chi connectivity index (χ0v) is 8.93. The minimum Gasteiger partial charge on any atom is -0.383 e. The Kier molecular flexibility index (Phi) is 2.88. The standard InChI is InChI=1S/C9H13N3OS/c1-14-5-8-11-7-2-3-13-4-6(7)9(10)12-8/h2-5H2,1H3,(H2,10,11,12). The van der Waals surface area contributed by atoms with Gasteiger partial charge in [-0.15, -0.1) is 0 Å². The van der Waals surface area contributed by atoms with Crippen LogP contribution < -0.4 is 5.73 Å². The number of hydrogen-bond acceptors (Lipinski definition) is 5. The van der Waals surface area contributed by atoms with Crippen LogP contribution in [0.1, 0.15) is 17.1 Å². The summed E-state index contributed by atoms with van der Waals surface area (Å²) >= 11 is 1.70. The van der Waals surface area contributed by atoms with Gasteiger partial charge in [0.25, 0.3) is 0 Å². The maximum atomic E-state index is 5.83. The van der Waals surface area contributed by atoms with Crippen molar-refractivity contribution in [2.45, 2.75) is 18.8 Å². The molecule has 1 aromatic rings. The Labute approximate surface area is 87.3 Å². The van der Waals surface area contributed by atoms with Crippen LogP contribution in [-0.2, 0) is 23.5 Å². The Bertz CT molecular complexity index is 343. The van der Waals surface area contributed by atoms with Gasteiger partial charge in [-0.25, -0.2) is 9.97 Å². The molecule has 0 bridgehead atoms. The third kappa shape index (κ3) is 1.83. The molecule has 2 rings (SSSR count). The number of anilines is 1. The molecule has 5 heteroatoms. The van der Waals surface area contributed by atoms with E-state index >= 15 is 0 Å². The molecule has 1 aromatic heterocycles. The Morgan fingerprint density at radius 2 is 2.36 bits per heavy atom. The number of nitrogen functional groups attached to an aromatic ring is 1. The average molecular weight is 211 g/mol. The molecule has 0 aliphatic carbocycles. The summed E-state index contributed by atoms with van der Waals surface area (Å²) in [5.74, 6) is 2.23. The molecule has 0 spiro atoms. The maximum absolute atomic E-state index is 5.83. The number of fused-ring (bicyclic) bond motifs is 1. The number of ether oxygens (including phenoxy) is 1. The van der Waals surface area contributed by atoms with Gasteiger partial charge in [0, 0.05) is 12.0 Å². The molecule has 2 N–H and O–H groups in total. The molecule has 0 aromatic carbocycles. The second kappa shape index (κ2) is 4.14. The van der Waals surface area contributed by atoms with E-state index in [9.17, 15) is 0 Å². The first kappa shape index (κ1) is 9.73. The predicted octanol–water partition coefficient (Wildman–Crippen LogP) is 0.995. The zero-order valence-electron chi connectivity index (χ0n) is 8.12. The zero-order chi connectivity index (χ0) is 9.97. The molecule has 0 unspecified atom stereocenters. The molecule has 4 nitrogen and oxygen atoms in total. The van der Waals surface area contributed by atoms with E-state index in [4.69, 9.17) is 10.5 Å². The lowest BCUT2D eigenvalue weighted by Crippen LogP contribution is -2.16. The molecular formula is C9H13N3OS. The van der Waals surface area contributed by atoms with Crippen molar-refractivity contribution in [3.05, 3.63) is 17.1 Å². The third-order valence-electron chi connectivity index (χ3n) is 2.17. The van der Waals surface area contributed by atoms with Crippen molar-refractivity contribution in [1.29, 1.82) is 0 Å². The Morgan fingerprint density at radius 1 is 1.50 bits per heavy atom. The summed E-state index contributed by atoms with van der Waals surface area (Å²) in [6.45, 7) is 1.29. The van der Waals surface area contributed by atoms with Gasteiger partial charge >= 0.3 is 0 Å². The van der Waals surface area contributed by atoms with E-state index in [-0.39, 0.29) is 0 Å². The quantitative estimate of drug-likeness (QED) is 0.790. The molecule has 1 aliphatic rings. The van der Waals surface area contributed by atoms with Crippen molar-refractivity contribution >= 4 is 17.6 Å². The fourth-order valence-corrected chi connectivity index (χ4v) is 1.89. The summed E-state index contributed by atoms with van der Waals surface area (Å²) in [4.78, 5) is 8.71. The summed E-state index contributed by atoms with van der Waals surface area (Å²) in [5.41, 5.74) is 7.87. The van der Waals surface area contributed by atoms with Crippen LogP contribution >= 0.6 is 11.8 Å². The second-order valence-corrected chi connectivity index (χ2v) is 4.05. The molecular weight excluding hydrogens is 198 g/mol. The van der Waals surface area contributed by atoms with Crippen molar-refractivity contribution in [2.75, 3.05) is 18.6 Å². The number of thioether (sulfide) groups is 1. The molecule has 0 fully saturated rings. The Morgan fingerprint density at radius 3 is 3.14 bits per heavy atom. The number of nitrogens with zero attached hydrogens (tertiary/aromatic N) is 2. The summed E-state index contributed by atoms with van der Waals surface area (Å²) in [7, 11) is 0. The van der Waals surface area contributed by atoms with Crippen LogP contribution in [0.4, 0.5) is 5.82 Å². The molecule has 0 atom stereocenters. The van der Waals surface area contributed by atoms with E-state index in [1.165, 1.54) is 0 Å². The van der Waals surface area contributed by atoms with Gasteiger partial charge in [-0.1, -0.05) is 0 Å². The van der Waals surface area contributed by atoms with E-state index in [1.54, 1.807) is 11.8 Å². The first-order valence-electron chi connectivity index (χ1n) is 4.52. The molecule has 0 amide bonds. The highest BCUT2D eigenvalue weighted by Gasteiger charge is 2.15. The first-order valence-corrected chi connectivity index (χ1v) is 5.91. The molecule has 2 heterocycles. The van der Waals surface area contributed by atoms with Gasteiger partial charge in [-0.2, -0.15) is 11.8 Å². The SMILES string of the molecule is CSCc1nc(N)c2c(n1)CCOC2. The van der Waals surface area contributed by atoms with Crippen molar-refractivity contribution < 1.29 is 4.74 Å². The van der Waals surface area contributed by atoms with Crippen LogP contribution in [0, 0.1) is 0 Å². The third-order valence-corrected chi connectivity index (χ3v) is 2.72. The highest BCUT2D eigenvalue weighted by atomic mass is 32.2. The van der Waals surface area contributed by atoms with E-state index in [1.807, 2.05) is 6.26 Å². The average Bonchev–Trinajstić information content (AvgIpc) is 2.18. The van der Waals surface area contributed by atoms with Gasteiger partial charge in [0.1, 0.15) is 11.6 Å². The number of nitrogens with two attached hydrogens (primary N) is 1. The van der Waals surface area contributed by atoms with Gasteiger partial charge in [0.15, 0.2) is 0 Å². The topological polar surface area (TPSA) is 61.0 Å². The number of rotatable bonds is 2. The van der Waals surface area contributed by atoms with Crippen molar-refractivity contribution in [2.24, 2.45) is 0 Å². The van der Waals surface area contributed by atoms with E-state index < -0.39 is 0 Å². The smallest absolute Gasteiger partial charge is 0.140 e. The fraction of sp³-hybridized carbons (Fsp3) is 0.556. The van der Waals surface area contributed by atoms with Gasteiger partial charge in [0.05, 0.1) is 24.7 Å². The molecule has 0 saturated heterocycles. The van der Waals surface area contributed by atoms with Gasteiger partial charge < -0.3 is 10.5 Å². The number of aromatic nitrogens is 2. The van der Waals surface area contributed by atoms with Crippen LogP contribution in [0.3, 0.4) is 0 Å². The van der Waals surface area contributed by atoms with Crippen molar-refractivity contribution in [1.82, 2.24) is 9.97 Å². The van der Waals surface area contributed by atoms with E-state index in [0.717, 1.165) is 35.9 Å². The fourth-order valence-electron chi connectivity index (χ4n) is 1.50. The Hall–Kier alpha value is -0.810. The highest BCUT2D eigenvalue weighted by Crippen LogP contribution is 2.20. The van der Waals surface area contributed by atoms with Crippen LogP contribution in [-0.4, -0.2) is 22.8 Å². The van der Waals surface area contributed by atoms with E-state index in [2.05, 4.69) is 9.97 Å². The minimum absolute atomic E-state index is 0.556. The molecule has 14 heavy (non-hydrogen) atoms. The summed E-state index contributed by atoms with van der Waals surface area (Å²) in [6.07, 6.45) is 2.88. The Balaban J connectivity index is 2.36. The monoisotopic (exact) mass is 211 g/mol. The van der Waals surface area contributed by atoms with Crippen LogP contribution in [0.15, 0.2) is 0 Å². The van der Waals surface area contributed by atoms with Crippen molar-refractivity contribution in [3.63, 3.8) is 0 Å². The molecule has 0 radical (unpaired) electrons. The lowest BCUT2D eigenvalue weighted by atomic mass is 10.1. The minimum atomic E-state index is 0.556. The maximum Gasteiger partial charge on any atom is 0.140 e. The second-order valence-electron chi connectivity index (χ2n) is 3.19. The summed E-state index contributed by atoms with van der Waals surface area (Å²) in [5, 5.41) is 0. The largest absolute Gasteiger partial charge is 0.383 e. The lowest BCUT2D eigenvalue weighted by Gasteiger charge is -2.17. The molecule has 76 valence electrons. The highest BCUT2D eigenvalue weighted by molar-refractivity contribution is 7.97. The van der Waals surface area contributed by atoms with Gasteiger partial charge in [-0.05, 0) is 6.26 Å². The van der Waals surface area contributed by atoms with Crippen LogP contribution in [0.25, 0.3) is 0 Å².